The second kappa shape index (κ2) is 2.08. The standard InChI is InChI=1S/C7H11IO2/c8-3-7-1-6(2-7,4-9)5-10-7/h9H,1-5H2. The molecule has 1 aliphatic carbocycles. The van der Waals surface area contributed by atoms with Gasteiger partial charge in [-0.25, -0.2) is 0 Å². The molecule has 2 heterocycles. The molecule has 2 bridgehead atoms. The maximum absolute atomic E-state index is 8.99. The van der Waals surface area contributed by atoms with Gasteiger partial charge in [-0.05, 0) is 12.8 Å². The van der Waals surface area contributed by atoms with E-state index in [1.54, 1.807) is 0 Å². The molecule has 0 aromatic heterocycles. The van der Waals surface area contributed by atoms with Gasteiger partial charge in [0.15, 0.2) is 0 Å². The average Bonchev–Trinajstić information content (AvgIpc) is 2.40. The van der Waals surface area contributed by atoms with Crippen molar-refractivity contribution < 1.29 is 9.84 Å². The number of hydrogen-bond acceptors (Lipinski definition) is 2. The van der Waals surface area contributed by atoms with E-state index in [9.17, 15) is 0 Å². The minimum Gasteiger partial charge on any atom is -0.396 e. The molecule has 1 saturated carbocycles. The largest absolute Gasteiger partial charge is 0.396 e. The number of alkyl halides is 1. The first kappa shape index (κ1) is 7.31. The molecule has 10 heavy (non-hydrogen) atoms. The van der Waals surface area contributed by atoms with Gasteiger partial charge in [0.1, 0.15) is 0 Å². The van der Waals surface area contributed by atoms with E-state index in [4.69, 9.17) is 9.84 Å². The SMILES string of the molecule is OCC12COC(CI)(C1)C2. The molecular weight excluding hydrogens is 243 g/mol. The predicted molar refractivity (Wildman–Crippen MR) is 46.3 cm³/mol. The lowest BCUT2D eigenvalue weighted by atomic mass is 9.64. The fraction of sp³-hybridized carbons (Fsp3) is 1.00. The number of ether oxygens (including phenoxy) is 1. The lowest BCUT2D eigenvalue weighted by molar-refractivity contribution is -0.00521. The second-order valence-electron chi connectivity index (χ2n) is 3.62. The van der Waals surface area contributed by atoms with Crippen LogP contribution in [0.4, 0.5) is 0 Å². The van der Waals surface area contributed by atoms with E-state index < -0.39 is 0 Å². The molecule has 2 aliphatic heterocycles. The molecule has 1 N–H and O–H groups in total. The Kier molecular flexibility index (Phi) is 1.52. The maximum Gasteiger partial charge on any atom is 0.0785 e. The van der Waals surface area contributed by atoms with Gasteiger partial charge in [-0.1, -0.05) is 22.6 Å². The Balaban J connectivity index is 2.06. The highest BCUT2D eigenvalue weighted by Gasteiger charge is 2.61. The van der Waals surface area contributed by atoms with Crippen LogP contribution < -0.4 is 0 Å². The van der Waals surface area contributed by atoms with Gasteiger partial charge in [0.2, 0.25) is 0 Å². The molecule has 3 rings (SSSR count). The summed E-state index contributed by atoms with van der Waals surface area (Å²) in [5.41, 5.74) is 0.342. The van der Waals surface area contributed by atoms with Gasteiger partial charge >= 0.3 is 0 Å². The van der Waals surface area contributed by atoms with Crippen LogP contribution in [0.15, 0.2) is 0 Å². The van der Waals surface area contributed by atoms with Crippen molar-refractivity contribution in [2.24, 2.45) is 5.41 Å². The topological polar surface area (TPSA) is 29.5 Å². The van der Waals surface area contributed by atoms with Gasteiger partial charge in [-0.15, -0.1) is 0 Å². The van der Waals surface area contributed by atoms with Crippen molar-refractivity contribution in [1.82, 2.24) is 0 Å². The minimum absolute atomic E-state index is 0.170. The lowest BCUT2D eigenvalue weighted by Crippen LogP contribution is -2.47. The van der Waals surface area contributed by atoms with Crippen molar-refractivity contribution >= 4 is 22.6 Å². The summed E-state index contributed by atoms with van der Waals surface area (Å²) in [6.45, 7) is 1.10. The van der Waals surface area contributed by atoms with Crippen molar-refractivity contribution in [3.63, 3.8) is 0 Å². The Bertz CT molecular complexity index is 136. The molecule has 0 spiro atoms. The quantitative estimate of drug-likeness (QED) is 0.587. The van der Waals surface area contributed by atoms with Crippen LogP contribution in [0.1, 0.15) is 12.8 Å². The van der Waals surface area contributed by atoms with Crippen molar-refractivity contribution in [2.75, 3.05) is 17.6 Å². The zero-order valence-electron chi connectivity index (χ0n) is 5.77. The van der Waals surface area contributed by atoms with Gasteiger partial charge in [0, 0.05) is 9.84 Å². The summed E-state index contributed by atoms with van der Waals surface area (Å²) >= 11 is 2.36. The van der Waals surface area contributed by atoms with Crippen molar-refractivity contribution in [3.8, 4) is 0 Å². The smallest absolute Gasteiger partial charge is 0.0785 e. The van der Waals surface area contributed by atoms with Crippen LogP contribution in [-0.2, 0) is 4.74 Å². The van der Waals surface area contributed by atoms with Crippen LogP contribution in [0.25, 0.3) is 0 Å². The van der Waals surface area contributed by atoms with E-state index >= 15 is 0 Å². The van der Waals surface area contributed by atoms with E-state index in [-0.39, 0.29) is 11.0 Å². The Morgan fingerprint density at radius 3 is 2.50 bits per heavy atom. The van der Waals surface area contributed by atoms with Gasteiger partial charge in [0.05, 0.1) is 18.8 Å². The summed E-state index contributed by atoms with van der Waals surface area (Å²) in [7, 11) is 0. The van der Waals surface area contributed by atoms with Gasteiger partial charge in [-0.3, -0.25) is 0 Å². The average molecular weight is 254 g/mol. The van der Waals surface area contributed by atoms with E-state index in [2.05, 4.69) is 22.6 Å². The van der Waals surface area contributed by atoms with Gasteiger partial charge < -0.3 is 9.84 Å². The van der Waals surface area contributed by atoms with Crippen molar-refractivity contribution in [2.45, 2.75) is 18.4 Å². The molecule has 0 aromatic rings. The first-order valence-electron chi connectivity index (χ1n) is 3.55. The van der Waals surface area contributed by atoms with Crippen LogP contribution in [0.3, 0.4) is 0 Å². The summed E-state index contributed by atoms with van der Waals surface area (Å²) in [6, 6.07) is 0. The van der Waals surface area contributed by atoms with E-state index in [1.807, 2.05) is 0 Å². The van der Waals surface area contributed by atoms with Crippen LogP contribution in [0.5, 0.6) is 0 Å². The maximum atomic E-state index is 8.99. The second-order valence-corrected chi connectivity index (χ2v) is 4.38. The van der Waals surface area contributed by atoms with Gasteiger partial charge in [0.25, 0.3) is 0 Å². The zero-order chi connectivity index (χ0) is 7.24. The van der Waals surface area contributed by atoms with Crippen molar-refractivity contribution in [1.29, 1.82) is 0 Å². The molecule has 0 atom stereocenters. The van der Waals surface area contributed by atoms with Crippen LogP contribution in [0.2, 0.25) is 0 Å². The fourth-order valence-electron chi connectivity index (χ4n) is 2.12. The fourth-order valence-corrected chi connectivity index (χ4v) is 2.88. The summed E-state index contributed by atoms with van der Waals surface area (Å²) in [6.07, 6.45) is 2.17. The Morgan fingerprint density at radius 1 is 1.50 bits per heavy atom. The van der Waals surface area contributed by atoms with E-state index in [0.717, 1.165) is 23.9 Å². The molecule has 3 aliphatic rings. The molecule has 2 nitrogen and oxygen atoms in total. The Labute approximate surface area is 74.1 Å². The number of rotatable bonds is 2. The summed E-state index contributed by atoms with van der Waals surface area (Å²) < 4.78 is 6.67. The molecule has 3 heteroatoms. The zero-order valence-corrected chi connectivity index (χ0v) is 7.93. The first-order chi connectivity index (χ1) is 4.74. The highest BCUT2D eigenvalue weighted by molar-refractivity contribution is 14.1. The molecule has 0 aromatic carbocycles. The number of aliphatic hydroxyl groups is 1. The number of halogens is 1. The summed E-state index contributed by atoms with van der Waals surface area (Å²) in [4.78, 5) is 0. The highest BCUT2D eigenvalue weighted by Crippen LogP contribution is 2.58. The van der Waals surface area contributed by atoms with Crippen LogP contribution in [0, 0.1) is 5.41 Å². The molecular formula is C7H11IO2. The van der Waals surface area contributed by atoms with Crippen LogP contribution >= 0.6 is 22.6 Å². The molecule has 3 fully saturated rings. The van der Waals surface area contributed by atoms with E-state index in [0.29, 0.717) is 6.61 Å². The molecule has 2 saturated heterocycles. The third kappa shape index (κ3) is 0.769. The van der Waals surface area contributed by atoms with Crippen LogP contribution in [-0.4, -0.2) is 28.3 Å². The molecule has 0 unspecified atom stereocenters. The third-order valence-electron chi connectivity index (χ3n) is 2.66. The number of aliphatic hydroxyl groups excluding tert-OH is 1. The monoisotopic (exact) mass is 254 g/mol. The minimum atomic E-state index is 0.170. The lowest BCUT2D eigenvalue weighted by Gasteiger charge is -2.42. The van der Waals surface area contributed by atoms with Crippen molar-refractivity contribution in [3.05, 3.63) is 0 Å². The third-order valence-corrected chi connectivity index (χ3v) is 4.05. The first-order valence-corrected chi connectivity index (χ1v) is 5.08. The number of hydrogen-bond donors (Lipinski definition) is 1. The summed E-state index contributed by atoms with van der Waals surface area (Å²) in [5.74, 6) is 0. The normalized spacial score (nSPS) is 51.0. The summed E-state index contributed by atoms with van der Waals surface area (Å²) in [5, 5.41) is 8.99. The highest BCUT2D eigenvalue weighted by atomic mass is 127. The molecule has 58 valence electrons. The molecule has 0 amide bonds. The number of fused-ring (bicyclic) bond motifs is 1. The predicted octanol–water partition coefficient (Wildman–Crippen LogP) is 0.963. The Morgan fingerprint density at radius 2 is 2.20 bits per heavy atom. The van der Waals surface area contributed by atoms with E-state index in [1.165, 1.54) is 0 Å². The Hall–Kier alpha value is 0.650. The molecule has 0 radical (unpaired) electrons. The van der Waals surface area contributed by atoms with Gasteiger partial charge in [-0.2, -0.15) is 0 Å².